The van der Waals surface area contributed by atoms with Gasteiger partial charge in [0.2, 0.25) is 0 Å². The van der Waals surface area contributed by atoms with Gasteiger partial charge in [0.05, 0.1) is 5.02 Å². The summed E-state index contributed by atoms with van der Waals surface area (Å²) in [7, 11) is 0. The van der Waals surface area contributed by atoms with Crippen LogP contribution in [0.1, 0.15) is 13.3 Å². The van der Waals surface area contributed by atoms with E-state index in [9.17, 15) is 0 Å². The second kappa shape index (κ2) is 5.11. The Labute approximate surface area is 114 Å². The van der Waals surface area contributed by atoms with Gasteiger partial charge in [0, 0.05) is 29.1 Å². The summed E-state index contributed by atoms with van der Waals surface area (Å²) in [6.07, 6.45) is 2.92. The molecule has 2 unspecified atom stereocenters. The molecule has 0 amide bonds. The van der Waals surface area contributed by atoms with Crippen LogP contribution < -0.4 is 4.90 Å². The van der Waals surface area contributed by atoms with Gasteiger partial charge in [0.15, 0.2) is 0 Å². The zero-order valence-corrected chi connectivity index (χ0v) is 12.1. The van der Waals surface area contributed by atoms with E-state index in [1.165, 1.54) is 0 Å². The Morgan fingerprint density at radius 3 is 3.00 bits per heavy atom. The van der Waals surface area contributed by atoms with Crippen LogP contribution in [0.25, 0.3) is 0 Å². The van der Waals surface area contributed by atoms with E-state index in [0.29, 0.717) is 22.9 Å². The van der Waals surface area contributed by atoms with E-state index in [-0.39, 0.29) is 0 Å². The normalized spacial score (nSPS) is 25.1. The maximum Gasteiger partial charge on any atom is 0.147 e. The highest BCUT2D eigenvalue weighted by Crippen LogP contribution is 2.34. The highest BCUT2D eigenvalue weighted by molar-refractivity contribution is 9.10. The molecule has 0 saturated carbocycles. The molecule has 16 heavy (non-hydrogen) atoms. The molecule has 2 heterocycles. The average Bonchev–Trinajstić information content (AvgIpc) is 2.59. The van der Waals surface area contributed by atoms with Gasteiger partial charge in [-0.2, -0.15) is 0 Å². The van der Waals surface area contributed by atoms with Crippen molar-refractivity contribution in [3.05, 3.63) is 21.8 Å². The standard InChI is InChI=1S/C11H13BrCl2N2/c1-7-2-3-16(10(7)5-13)11-9(14)4-8(12)6-15-11/h4,6-7,10H,2-3,5H2,1H3. The molecule has 2 atom stereocenters. The summed E-state index contributed by atoms with van der Waals surface area (Å²) in [6.45, 7) is 3.20. The van der Waals surface area contributed by atoms with Crippen molar-refractivity contribution in [2.24, 2.45) is 5.92 Å². The van der Waals surface area contributed by atoms with Gasteiger partial charge in [0.1, 0.15) is 5.82 Å². The molecule has 2 nitrogen and oxygen atoms in total. The predicted octanol–water partition coefficient (Wildman–Crippen LogP) is 3.95. The van der Waals surface area contributed by atoms with Crippen LogP contribution >= 0.6 is 39.1 Å². The van der Waals surface area contributed by atoms with Gasteiger partial charge in [-0.25, -0.2) is 4.98 Å². The fourth-order valence-electron chi connectivity index (χ4n) is 2.13. The lowest BCUT2D eigenvalue weighted by atomic mass is 10.1. The maximum atomic E-state index is 6.20. The maximum absolute atomic E-state index is 6.20. The third-order valence-electron chi connectivity index (χ3n) is 3.10. The van der Waals surface area contributed by atoms with Crippen LogP contribution in [-0.4, -0.2) is 23.5 Å². The van der Waals surface area contributed by atoms with Crippen LogP contribution in [-0.2, 0) is 0 Å². The van der Waals surface area contributed by atoms with Crippen LogP contribution in [0.15, 0.2) is 16.7 Å². The number of anilines is 1. The largest absolute Gasteiger partial charge is 0.351 e. The van der Waals surface area contributed by atoms with Gasteiger partial charge in [0.25, 0.3) is 0 Å². The molecule has 0 N–H and O–H groups in total. The van der Waals surface area contributed by atoms with Crippen molar-refractivity contribution >= 4 is 44.9 Å². The Kier molecular flexibility index (Phi) is 3.98. The Balaban J connectivity index is 2.30. The molecule has 1 aliphatic rings. The number of nitrogens with zero attached hydrogens (tertiary/aromatic N) is 2. The summed E-state index contributed by atoms with van der Waals surface area (Å²) >= 11 is 15.6. The lowest BCUT2D eigenvalue weighted by Gasteiger charge is -2.26. The molecule has 0 aliphatic carbocycles. The predicted molar refractivity (Wildman–Crippen MR) is 72.6 cm³/mol. The first-order valence-electron chi connectivity index (χ1n) is 5.27. The summed E-state index contributed by atoms with van der Waals surface area (Å²) in [5.41, 5.74) is 0. The van der Waals surface area contributed by atoms with Crippen LogP contribution in [0.3, 0.4) is 0 Å². The molecular weight excluding hydrogens is 311 g/mol. The lowest BCUT2D eigenvalue weighted by molar-refractivity contribution is 0.548. The van der Waals surface area contributed by atoms with Crippen molar-refractivity contribution in [2.75, 3.05) is 17.3 Å². The van der Waals surface area contributed by atoms with E-state index in [4.69, 9.17) is 23.2 Å². The molecule has 1 saturated heterocycles. The first kappa shape index (κ1) is 12.5. The summed E-state index contributed by atoms with van der Waals surface area (Å²) < 4.78 is 0.899. The number of hydrogen-bond donors (Lipinski definition) is 0. The Bertz CT molecular complexity index is 386. The Hall–Kier alpha value is 0.01000. The third-order valence-corrected chi connectivity index (χ3v) is 4.13. The van der Waals surface area contributed by atoms with E-state index in [1.54, 1.807) is 6.20 Å². The molecule has 0 aromatic carbocycles. The van der Waals surface area contributed by atoms with Gasteiger partial charge >= 0.3 is 0 Å². The second-order valence-corrected chi connectivity index (χ2v) is 5.77. The van der Waals surface area contributed by atoms with Gasteiger partial charge in [-0.1, -0.05) is 18.5 Å². The molecule has 1 aromatic rings. The number of alkyl halides is 1. The quantitative estimate of drug-likeness (QED) is 0.766. The minimum atomic E-state index is 0.341. The molecule has 2 rings (SSSR count). The van der Waals surface area contributed by atoms with E-state index in [1.807, 2.05) is 6.07 Å². The zero-order valence-electron chi connectivity index (χ0n) is 8.96. The van der Waals surface area contributed by atoms with E-state index in [2.05, 4.69) is 32.7 Å². The minimum Gasteiger partial charge on any atom is -0.351 e. The fourth-order valence-corrected chi connectivity index (χ4v) is 3.33. The molecule has 88 valence electrons. The number of hydrogen-bond acceptors (Lipinski definition) is 2. The second-order valence-electron chi connectivity index (χ2n) is 4.14. The number of aromatic nitrogens is 1. The van der Waals surface area contributed by atoms with Crippen LogP contribution in [0.2, 0.25) is 5.02 Å². The van der Waals surface area contributed by atoms with Gasteiger partial charge in [-0.15, -0.1) is 11.6 Å². The Morgan fingerprint density at radius 2 is 2.38 bits per heavy atom. The van der Waals surface area contributed by atoms with Crippen molar-refractivity contribution in [1.82, 2.24) is 4.98 Å². The molecule has 0 spiro atoms. The van der Waals surface area contributed by atoms with Crippen molar-refractivity contribution < 1.29 is 0 Å². The molecule has 0 bridgehead atoms. The van der Waals surface area contributed by atoms with Crippen molar-refractivity contribution in [3.8, 4) is 0 Å². The van der Waals surface area contributed by atoms with Crippen LogP contribution in [0, 0.1) is 5.92 Å². The summed E-state index contributed by atoms with van der Waals surface area (Å²) in [6, 6.07) is 2.21. The zero-order chi connectivity index (χ0) is 11.7. The first-order valence-corrected chi connectivity index (χ1v) is 6.97. The van der Waals surface area contributed by atoms with Crippen LogP contribution in [0.4, 0.5) is 5.82 Å². The fraction of sp³-hybridized carbons (Fsp3) is 0.545. The monoisotopic (exact) mass is 322 g/mol. The molecule has 1 aliphatic heterocycles. The van der Waals surface area contributed by atoms with Crippen molar-refractivity contribution in [2.45, 2.75) is 19.4 Å². The summed E-state index contributed by atoms with van der Waals surface area (Å²) in [5.74, 6) is 2.06. The molecular formula is C11H13BrCl2N2. The topological polar surface area (TPSA) is 16.1 Å². The van der Waals surface area contributed by atoms with Crippen molar-refractivity contribution in [3.63, 3.8) is 0 Å². The highest BCUT2D eigenvalue weighted by Gasteiger charge is 2.32. The molecule has 1 aromatic heterocycles. The van der Waals surface area contributed by atoms with Crippen LogP contribution in [0.5, 0.6) is 0 Å². The van der Waals surface area contributed by atoms with Crippen molar-refractivity contribution in [1.29, 1.82) is 0 Å². The third kappa shape index (κ3) is 2.31. The summed E-state index contributed by atoms with van der Waals surface area (Å²) in [5, 5.41) is 0.679. The summed E-state index contributed by atoms with van der Waals surface area (Å²) in [4.78, 5) is 6.60. The Morgan fingerprint density at radius 1 is 1.62 bits per heavy atom. The SMILES string of the molecule is CC1CCN(c2ncc(Br)cc2Cl)C1CCl. The molecule has 1 fully saturated rings. The number of halogens is 3. The van der Waals surface area contributed by atoms with E-state index in [0.717, 1.165) is 23.3 Å². The first-order chi connectivity index (χ1) is 7.63. The minimum absolute atomic E-state index is 0.341. The van der Waals surface area contributed by atoms with Gasteiger partial charge in [-0.05, 0) is 34.3 Å². The molecule has 0 radical (unpaired) electrons. The van der Waals surface area contributed by atoms with E-state index >= 15 is 0 Å². The lowest BCUT2D eigenvalue weighted by Crippen LogP contribution is -2.34. The van der Waals surface area contributed by atoms with E-state index < -0.39 is 0 Å². The average molecular weight is 324 g/mol. The van der Waals surface area contributed by atoms with Gasteiger partial charge in [-0.3, -0.25) is 0 Å². The molecule has 5 heteroatoms. The number of pyridine rings is 1. The van der Waals surface area contributed by atoms with Gasteiger partial charge < -0.3 is 4.90 Å². The highest BCUT2D eigenvalue weighted by atomic mass is 79.9. The number of rotatable bonds is 2. The smallest absolute Gasteiger partial charge is 0.147 e.